The molecule has 20 heavy (non-hydrogen) atoms. The second-order valence-corrected chi connectivity index (χ2v) is 6.09. The molecule has 2 fully saturated rings. The smallest absolute Gasteiger partial charge is 0.307 e. The molecule has 2 saturated carbocycles. The van der Waals surface area contributed by atoms with Gasteiger partial charge in [-0.05, 0) is 31.1 Å². The fourth-order valence-electron chi connectivity index (χ4n) is 3.74. The molecule has 1 amide bonds. The van der Waals surface area contributed by atoms with E-state index in [0.29, 0.717) is 19.2 Å². The molecule has 0 aliphatic heterocycles. The minimum Gasteiger partial charge on any atom is -0.481 e. The molecule has 1 N–H and O–H groups in total. The average Bonchev–Trinajstić information content (AvgIpc) is 3.05. The lowest BCUT2D eigenvalue weighted by atomic mass is 9.82. The molecule has 110 valence electrons. The number of ether oxygens (including phenoxy) is 1. The van der Waals surface area contributed by atoms with Gasteiger partial charge in [0.1, 0.15) is 0 Å². The highest BCUT2D eigenvalue weighted by atomic mass is 16.5. The Bertz CT molecular complexity index is 443. The number of methoxy groups -OCH3 is 1. The lowest BCUT2D eigenvalue weighted by Crippen LogP contribution is -2.45. The lowest BCUT2D eigenvalue weighted by molar-refractivity contribution is -0.151. The third-order valence-electron chi connectivity index (χ3n) is 4.84. The molecule has 0 aromatic carbocycles. The van der Waals surface area contributed by atoms with Gasteiger partial charge in [-0.25, -0.2) is 0 Å². The van der Waals surface area contributed by atoms with Gasteiger partial charge in [0.2, 0.25) is 5.91 Å². The fourth-order valence-corrected chi connectivity index (χ4v) is 3.74. The number of hydrogen-bond acceptors (Lipinski definition) is 3. The minimum atomic E-state index is -0.831. The van der Waals surface area contributed by atoms with Gasteiger partial charge in [-0.15, -0.1) is 0 Å². The number of aliphatic carboxylic acids is 1. The molecule has 2 bridgehead atoms. The molecule has 5 nitrogen and oxygen atoms in total. The first-order valence-electron chi connectivity index (χ1n) is 7.34. The van der Waals surface area contributed by atoms with Crippen LogP contribution in [0.3, 0.4) is 0 Å². The van der Waals surface area contributed by atoms with Crippen molar-refractivity contribution in [3.63, 3.8) is 0 Å². The molecule has 3 rings (SSSR count). The lowest BCUT2D eigenvalue weighted by Gasteiger charge is -2.31. The summed E-state index contributed by atoms with van der Waals surface area (Å²) in [6.07, 6.45) is 6.89. The zero-order valence-electron chi connectivity index (χ0n) is 11.7. The largest absolute Gasteiger partial charge is 0.481 e. The van der Waals surface area contributed by atoms with Crippen molar-refractivity contribution in [2.24, 2.45) is 23.7 Å². The number of nitrogens with zero attached hydrogens (tertiary/aromatic N) is 1. The third-order valence-corrected chi connectivity index (χ3v) is 4.84. The van der Waals surface area contributed by atoms with Gasteiger partial charge < -0.3 is 14.7 Å². The first-order valence-corrected chi connectivity index (χ1v) is 7.34. The number of carboxylic acid groups (broad SMARTS) is 1. The Morgan fingerprint density at radius 2 is 1.90 bits per heavy atom. The molecule has 0 saturated heterocycles. The number of rotatable bonds is 6. The van der Waals surface area contributed by atoms with Gasteiger partial charge in [0.25, 0.3) is 0 Å². The number of allylic oxidation sites excluding steroid dienone is 2. The topological polar surface area (TPSA) is 66.8 Å². The first kappa shape index (κ1) is 13.6. The van der Waals surface area contributed by atoms with Gasteiger partial charge in [-0.1, -0.05) is 12.2 Å². The molecule has 0 aromatic heterocycles. The van der Waals surface area contributed by atoms with Gasteiger partial charge in [0, 0.05) is 19.7 Å². The number of fused-ring (bicyclic) bond motifs is 2. The van der Waals surface area contributed by atoms with Crippen molar-refractivity contribution >= 4 is 11.9 Å². The van der Waals surface area contributed by atoms with Crippen molar-refractivity contribution in [1.82, 2.24) is 4.90 Å². The maximum atomic E-state index is 12.8. The van der Waals surface area contributed by atoms with Crippen LogP contribution in [0.5, 0.6) is 0 Å². The molecule has 0 heterocycles. The van der Waals surface area contributed by atoms with E-state index in [4.69, 9.17) is 4.74 Å². The van der Waals surface area contributed by atoms with Crippen LogP contribution >= 0.6 is 0 Å². The monoisotopic (exact) mass is 279 g/mol. The number of carbonyl (C=O) groups is 2. The van der Waals surface area contributed by atoms with Gasteiger partial charge in [0.15, 0.2) is 0 Å². The van der Waals surface area contributed by atoms with Gasteiger partial charge >= 0.3 is 5.97 Å². The van der Waals surface area contributed by atoms with E-state index < -0.39 is 11.9 Å². The molecule has 0 aromatic rings. The summed E-state index contributed by atoms with van der Waals surface area (Å²) >= 11 is 0. The van der Waals surface area contributed by atoms with Crippen LogP contribution in [0.1, 0.15) is 19.3 Å². The van der Waals surface area contributed by atoms with Gasteiger partial charge in [-0.3, -0.25) is 9.59 Å². The normalized spacial score (nSPS) is 34.5. The highest BCUT2D eigenvalue weighted by Crippen LogP contribution is 2.49. The summed E-state index contributed by atoms with van der Waals surface area (Å²) < 4.78 is 5.08. The molecule has 3 aliphatic carbocycles. The second kappa shape index (κ2) is 5.20. The zero-order valence-corrected chi connectivity index (χ0v) is 11.7. The van der Waals surface area contributed by atoms with E-state index in [1.165, 1.54) is 0 Å². The number of amides is 1. The average molecular weight is 279 g/mol. The summed E-state index contributed by atoms with van der Waals surface area (Å²) in [5.74, 6) is -1.58. The third kappa shape index (κ3) is 2.24. The summed E-state index contributed by atoms with van der Waals surface area (Å²) in [4.78, 5) is 26.2. The van der Waals surface area contributed by atoms with E-state index in [1.807, 2.05) is 17.1 Å². The molecule has 0 spiro atoms. The summed E-state index contributed by atoms with van der Waals surface area (Å²) in [6.45, 7) is 1.08. The second-order valence-electron chi connectivity index (χ2n) is 6.09. The number of carboxylic acids is 1. The van der Waals surface area contributed by atoms with Gasteiger partial charge in [0.05, 0.1) is 18.4 Å². The van der Waals surface area contributed by atoms with Crippen LogP contribution < -0.4 is 0 Å². The van der Waals surface area contributed by atoms with Crippen molar-refractivity contribution < 1.29 is 19.4 Å². The van der Waals surface area contributed by atoms with E-state index in [2.05, 4.69) is 0 Å². The highest BCUT2D eigenvalue weighted by molar-refractivity contribution is 5.87. The molecule has 2 unspecified atom stereocenters. The molecular formula is C15H21NO4. The summed E-state index contributed by atoms with van der Waals surface area (Å²) in [6, 6.07) is 0.301. The first-order chi connectivity index (χ1) is 9.63. The Morgan fingerprint density at radius 1 is 1.25 bits per heavy atom. The number of carbonyl (C=O) groups excluding carboxylic acids is 1. The van der Waals surface area contributed by atoms with Crippen LogP contribution in [0.4, 0.5) is 0 Å². The molecule has 4 atom stereocenters. The van der Waals surface area contributed by atoms with E-state index in [9.17, 15) is 14.7 Å². The summed E-state index contributed by atoms with van der Waals surface area (Å²) in [5.41, 5.74) is 0. The van der Waals surface area contributed by atoms with Crippen molar-refractivity contribution in [2.75, 3.05) is 20.3 Å². The van der Waals surface area contributed by atoms with E-state index in [0.717, 1.165) is 19.3 Å². The Morgan fingerprint density at radius 3 is 2.45 bits per heavy atom. The van der Waals surface area contributed by atoms with Crippen LogP contribution in [0.15, 0.2) is 12.2 Å². The van der Waals surface area contributed by atoms with E-state index >= 15 is 0 Å². The van der Waals surface area contributed by atoms with Crippen LogP contribution in [0.2, 0.25) is 0 Å². The Kier molecular flexibility index (Phi) is 3.54. The predicted molar refractivity (Wildman–Crippen MR) is 72.0 cm³/mol. The van der Waals surface area contributed by atoms with Crippen LogP contribution in [0, 0.1) is 23.7 Å². The minimum absolute atomic E-state index is 0.0220. The van der Waals surface area contributed by atoms with Crippen molar-refractivity contribution in [1.29, 1.82) is 0 Å². The quantitative estimate of drug-likeness (QED) is 0.741. The van der Waals surface area contributed by atoms with Crippen LogP contribution in [0.25, 0.3) is 0 Å². The number of hydrogen-bond donors (Lipinski definition) is 1. The van der Waals surface area contributed by atoms with Crippen molar-refractivity contribution in [2.45, 2.75) is 25.3 Å². The van der Waals surface area contributed by atoms with Crippen molar-refractivity contribution in [3.05, 3.63) is 12.2 Å². The summed E-state index contributed by atoms with van der Waals surface area (Å²) in [7, 11) is 1.62. The molecular weight excluding hydrogens is 258 g/mol. The van der Waals surface area contributed by atoms with Crippen LogP contribution in [-0.2, 0) is 14.3 Å². The molecule has 0 radical (unpaired) electrons. The maximum absolute atomic E-state index is 12.8. The Balaban J connectivity index is 1.77. The van der Waals surface area contributed by atoms with E-state index in [1.54, 1.807) is 7.11 Å². The Hall–Kier alpha value is -1.36. The van der Waals surface area contributed by atoms with Crippen LogP contribution in [-0.4, -0.2) is 48.2 Å². The molecule has 3 aliphatic rings. The highest BCUT2D eigenvalue weighted by Gasteiger charge is 2.53. The zero-order chi connectivity index (χ0) is 14.3. The van der Waals surface area contributed by atoms with Crippen molar-refractivity contribution in [3.8, 4) is 0 Å². The predicted octanol–water partition coefficient (Wildman–Crippen LogP) is 1.15. The summed E-state index contributed by atoms with van der Waals surface area (Å²) in [5, 5.41) is 9.44. The molecule has 5 heteroatoms. The SMILES string of the molecule is COCCN(C(=O)[C@H]1C2C=CC(C2)[C@H]1C(=O)O)C1CC1. The fraction of sp³-hybridized carbons (Fsp3) is 0.733. The Labute approximate surface area is 118 Å². The van der Waals surface area contributed by atoms with E-state index in [-0.39, 0.29) is 23.7 Å². The van der Waals surface area contributed by atoms with Gasteiger partial charge in [-0.2, -0.15) is 0 Å². The standard InChI is InChI=1S/C15H21NO4/c1-20-7-6-16(11-4-5-11)14(17)12-9-2-3-10(8-9)13(12)15(18)19/h2-3,9-13H,4-8H2,1H3,(H,18,19)/t9?,10?,12-,13+/m0/s1. The maximum Gasteiger partial charge on any atom is 0.307 e.